The van der Waals surface area contributed by atoms with Crippen molar-refractivity contribution in [3.8, 4) is 5.75 Å². The summed E-state index contributed by atoms with van der Waals surface area (Å²) in [5, 5.41) is 20.3. The zero-order valence-corrected chi connectivity index (χ0v) is 16.2. The number of carboxylic acid groups (broad SMARTS) is 1. The highest BCUT2D eigenvalue weighted by Gasteiger charge is 2.40. The molecule has 0 saturated carbocycles. The quantitative estimate of drug-likeness (QED) is 0.760. The number of piperazine rings is 1. The van der Waals surface area contributed by atoms with Crippen molar-refractivity contribution in [3.05, 3.63) is 58.4 Å². The molecule has 2 N–H and O–H groups in total. The lowest BCUT2D eigenvalue weighted by atomic mass is 9.81. The highest BCUT2D eigenvalue weighted by Crippen LogP contribution is 2.40. The second-order valence-corrected chi connectivity index (χ2v) is 7.58. The Bertz CT molecular complexity index is 897. The summed E-state index contributed by atoms with van der Waals surface area (Å²) in [4.78, 5) is 20.2. The highest BCUT2D eigenvalue weighted by molar-refractivity contribution is 6.45. The molecule has 0 bridgehead atoms. The number of fused-ring (bicyclic) bond motifs is 2. The average molecular weight is 402 g/mol. The van der Waals surface area contributed by atoms with Crippen molar-refractivity contribution in [2.75, 3.05) is 19.6 Å². The van der Waals surface area contributed by atoms with E-state index in [1.807, 2.05) is 24.3 Å². The minimum atomic E-state index is -0.951. The first-order valence-corrected chi connectivity index (χ1v) is 9.60. The molecule has 1 fully saturated rings. The second kappa shape index (κ2) is 7.71. The SMILES string of the molecule is CB(O)N1CCN([C@H]2c3ccc(Cl)cc3OCc3cccnc32)C[C@@H]1C(=O)O. The standard InChI is InChI=1S/C19H21BClN3O4/c1-20(27)24-8-7-23(10-15(24)19(25)26)18-14-5-4-13(21)9-16(14)28-11-12-3-2-6-22-17(12)18/h2-6,9,15,18,27H,7-8,10-11H2,1H3,(H,25,26)/t15-,18+/m1/s1. The Morgan fingerprint density at radius 3 is 2.93 bits per heavy atom. The maximum absolute atomic E-state index is 11.9. The van der Waals surface area contributed by atoms with Crippen LogP contribution < -0.4 is 4.74 Å². The number of nitrogens with zero attached hydrogens (tertiary/aromatic N) is 3. The van der Waals surface area contributed by atoms with Gasteiger partial charge in [0.25, 0.3) is 0 Å². The first-order chi connectivity index (χ1) is 13.5. The van der Waals surface area contributed by atoms with Gasteiger partial charge in [0.1, 0.15) is 18.4 Å². The molecular weight excluding hydrogens is 380 g/mol. The molecule has 2 aliphatic rings. The van der Waals surface area contributed by atoms with Crippen molar-refractivity contribution >= 4 is 24.6 Å². The van der Waals surface area contributed by atoms with Crippen LogP contribution in [-0.4, -0.2) is 63.5 Å². The third-order valence-electron chi connectivity index (χ3n) is 5.42. The summed E-state index contributed by atoms with van der Waals surface area (Å²) in [6, 6.07) is 8.31. The van der Waals surface area contributed by atoms with Gasteiger partial charge in [-0.25, -0.2) is 0 Å². The molecule has 1 aromatic carbocycles. The second-order valence-electron chi connectivity index (χ2n) is 7.14. The maximum atomic E-state index is 11.9. The Morgan fingerprint density at radius 1 is 1.36 bits per heavy atom. The third kappa shape index (κ3) is 3.48. The molecule has 1 aromatic heterocycles. The number of benzene rings is 1. The fourth-order valence-corrected chi connectivity index (χ4v) is 4.23. The maximum Gasteiger partial charge on any atom is 0.377 e. The van der Waals surface area contributed by atoms with E-state index in [9.17, 15) is 14.9 Å². The topological polar surface area (TPSA) is 86.1 Å². The van der Waals surface area contributed by atoms with Crippen molar-refractivity contribution in [2.24, 2.45) is 0 Å². The van der Waals surface area contributed by atoms with Crippen LogP contribution in [0.3, 0.4) is 0 Å². The molecule has 146 valence electrons. The number of aromatic nitrogens is 1. The van der Waals surface area contributed by atoms with Gasteiger partial charge in [-0.1, -0.05) is 23.7 Å². The summed E-state index contributed by atoms with van der Waals surface area (Å²) in [5.41, 5.74) is 2.74. The summed E-state index contributed by atoms with van der Waals surface area (Å²) in [6.45, 7) is 3.28. The zero-order valence-electron chi connectivity index (χ0n) is 15.5. The van der Waals surface area contributed by atoms with Crippen LogP contribution >= 0.6 is 11.6 Å². The molecule has 7 nitrogen and oxygen atoms in total. The highest BCUT2D eigenvalue weighted by atomic mass is 35.5. The van der Waals surface area contributed by atoms with Crippen LogP contribution in [0, 0.1) is 0 Å². The van der Waals surface area contributed by atoms with Gasteiger partial charge in [-0.3, -0.25) is 14.7 Å². The van der Waals surface area contributed by atoms with Crippen LogP contribution in [0.1, 0.15) is 22.9 Å². The molecule has 4 rings (SSSR count). The number of halogens is 1. The van der Waals surface area contributed by atoms with Crippen molar-refractivity contribution in [1.82, 2.24) is 14.7 Å². The molecule has 2 aromatic rings. The molecule has 0 unspecified atom stereocenters. The van der Waals surface area contributed by atoms with Gasteiger partial charge in [0, 0.05) is 42.0 Å². The van der Waals surface area contributed by atoms with Gasteiger partial charge < -0.3 is 19.7 Å². The predicted molar refractivity (Wildman–Crippen MR) is 105 cm³/mol. The van der Waals surface area contributed by atoms with Crippen molar-refractivity contribution < 1.29 is 19.7 Å². The Kier molecular flexibility index (Phi) is 5.29. The first kappa shape index (κ1) is 19.2. The lowest BCUT2D eigenvalue weighted by Crippen LogP contribution is -2.61. The molecule has 2 aliphatic heterocycles. The molecule has 0 spiro atoms. The first-order valence-electron chi connectivity index (χ1n) is 9.22. The van der Waals surface area contributed by atoms with Gasteiger partial charge in [-0.05, 0) is 25.0 Å². The Morgan fingerprint density at radius 2 is 2.18 bits per heavy atom. The van der Waals surface area contributed by atoms with Crippen LogP contribution in [0.15, 0.2) is 36.5 Å². The van der Waals surface area contributed by atoms with Gasteiger partial charge in [0.15, 0.2) is 0 Å². The summed E-state index contributed by atoms with van der Waals surface area (Å²) in [5.74, 6) is -0.270. The van der Waals surface area contributed by atoms with Crippen LogP contribution in [0.2, 0.25) is 11.8 Å². The lowest BCUT2D eigenvalue weighted by Gasteiger charge is -2.43. The zero-order chi connectivity index (χ0) is 19.8. The Labute approximate surface area is 168 Å². The number of carboxylic acids is 1. The van der Waals surface area contributed by atoms with E-state index in [0.29, 0.717) is 30.5 Å². The number of carbonyl (C=O) groups is 1. The van der Waals surface area contributed by atoms with Crippen LogP contribution in [0.4, 0.5) is 0 Å². The molecule has 0 radical (unpaired) electrons. The number of pyridine rings is 1. The molecule has 1 saturated heterocycles. The predicted octanol–water partition coefficient (Wildman–Crippen LogP) is 1.90. The number of hydrogen-bond donors (Lipinski definition) is 2. The van der Waals surface area contributed by atoms with Gasteiger partial charge in [-0.2, -0.15) is 0 Å². The average Bonchev–Trinajstić information content (AvgIpc) is 2.84. The van der Waals surface area contributed by atoms with E-state index in [0.717, 1.165) is 16.8 Å². The Balaban J connectivity index is 1.77. The van der Waals surface area contributed by atoms with Crippen molar-refractivity contribution in [3.63, 3.8) is 0 Å². The fourth-order valence-electron chi connectivity index (χ4n) is 4.07. The fraction of sp³-hybridized carbons (Fsp3) is 0.368. The van der Waals surface area contributed by atoms with Gasteiger partial charge in [0.05, 0.1) is 11.7 Å². The van der Waals surface area contributed by atoms with Crippen LogP contribution in [0.5, 0.6) is 5.75 Å². The van der Waals surface area contributed by atoms with Gasteiger partial charge in [-0.15, -0.1) is 0 Å². The number of rotatable bonds is 3. The van der Waals surface area contributed by atoms with Crippen molar-refractivity contribution in [1.29, 1.82) is 0 Å². The number of aliphatic carboxylic acids is 1. The summed E-state index contributed by atoms with van der Waals surface area (Å²) in [7, 11) is -0.822. The molecule has 9 heteroatoms. The monoisotopic (exact) mass is 401 g/mol. The molecule has 0 aliphatic carbocycles. The Hall–Kier alpha value is -2.13. The van der Waals surface area contributed by atoms with E-state index >= 15 is 0 Å². The van der Waals surface area contributed by atoms with E-state index < -0.39 is 19.1 Å². The number of ether oxygens (including phenoxy) is 1. The van der Waals surface area contributed by atoms with Crippen LogP contribution in [0.25, 0.3) is 0 Å². The largest absolute Gasteiger partial charge is 0.488 e. The number of hydrogen-bond acceptors (Lipinski definition) is 6. The minimum absolute atomic E-state index is 0.246. The summed E-state index contributed by atoms with van der Waals surface area (Å²) in [6.07, 6.45) is 1.74. The lowest BCUT2D eigenvalue weighted by molar-refractivity contribution is -0.144. The molecular formula is C19H21BClN3O4. The summed E-state index contributed by atoms with van der Waals surface area (Å²) < 4.78 is 5.99. The minimum Gasteiger partial charge on any atom is -0.488 e. The molecule has 0 amide bonds. The van der Waals surface area contributed by atoms with Crippen molar-refractivity contribution in [2.45, 2.75) is 25.5 Å². The smallest absolute Gasteiger partial charge is 0.377 e. The summed E-state index contributed by atoms with van der Waals surface area (Å²) >= 11 is 6.17. The van der Waals surface area contributed by atoms with E-state index in [1.54, 1.807) is 23.9 Å². The molecule has 2 atom stereocenters. The van der Waals surface area contributed by atoms with E-state index in [1.165, 1.54) is 0 Å². The molecule has 28 heavy (non-hydrogen) atoms. The van der Waals surface area contributed by atoms with E-state index in [4.69, 9.17) is 16.3 Å². The van der Waals surface area contributed by atoms with Crippen LogP contribution in [-0.2, 0) is 11.4 Å². The van der Waals surface area contributed by atoms with E-state index in [2.05, 4.69) is 9.88 Å². The van der Waals surface area contributed by atoms with E-state index in [-0.39, 0.29) is 12.6 Å². The third-order valence-corrected chi connectivity index (χ3v) is 5.66. The van der Waals surface area contributed by atoms with Gasteiger partial charge >= 0.3 is 13.0 Å². The van der Waals surface area contributed by atoms with Gasteiger partial charge in [0.2, 0.25) is 0 Å². The normalized spacial score (nSPS) is 22.5. The molecule has 3 heterocycles.